The van der Waals surface area contributed by atoms with E-state index in [-0.39, 0.29) is 6.61 Å². The summed E-state index contributed by atoms with van der Waals surface area (Å²) in [6.07, 6.45) is 0. The second kappa shape index (κ2) is 11.0. The molecule has 4 aromatic carbocycles. The van der Waals surface area contributed by atoms with Gasteiger partial charge in [0.1, 0.15) is 17.2 Å². The molecule has 4 rings (SSSR count). The van der Waals surface area contributed by atoms with Crippen molar-refractivity contribution in [2.45, 2.75) is 16.7 Å². The maximum atomic E-state index is 10.8. The van der Waals surface area contributed by atoms with E-state index in [1.807, 2.05) is 61.5 Å². The van der Waals surface area contributed by atoms with Gasteiger partial charge < -0.3 is 19.3 Å². The van der Waals surface area contributed by atoms with E-state index >= 15 is 0 Å². The Balaban J connectivity index is 1.73. The van der Waals surface area contributed by atoms with Crippen LogP contribution in [0.3, 0.4) is 0 Å². The first kappa shape index (κ1) is 24.2. The number of carbonyl (C=O) groups is 1. The summed E-state index contributed by atoms with van der Waals surface area (Å²) in [5.41, 5.74) is 5.15. The first-order chi connectivity index (χ1) is 16.9. The SMILES string of the molecule is COc1cccc(-c2cc(Sc3ccc(OCC(=O)O)c(C)c3)cc(-c3cccc(OC)c3)c2)c1. The molecule has 178 valence electrons. The van der Waals surface area contributed by atoms with Gasteiger partial charge in [-0.05, 0) is 95.4 Å². The van der Waals surface area contributed by atoms with Crippen LogP contribution in [0.1, 0.15) is 5.56 Å². The molecule has 0 fully saturated rings. The molecular formula is C29H26O5S. The number of hydrogen-bond donors (Lipinski definition) is 1. The highest BCUT2D eigenvalue weighted by Gasteiger charge is 2.10. The highest BCUT2D eigenvalue weighted by molar-refractivity contribution is 7.99. The summed E-state index contributed by atoms with van der Waals surface area (Å²) in [4.78, 5) is 12.9. The summed E-state index contributed by atoms with van der Waals surface area (Å²) < 4.78 is 16.2. The molecule has 0 aliphatic carbocycles. The van der Waals surface area contributed by atoms with Gasteiger partial charge in [-0.2, -0.15) is 0 Å². The standard InChI is InChI=1S/C29H26O5S/c1-19-12-26(10-11-28(19)34-18-29(30)31)35-27-16-22(20-6-4-8-24(14-20)32-2)13-23(17-27)21-7-5-9-25(15-21)33-3/h4-17H,18H2,1-3H3,(H,30,31). The summed E-state index contributed by atoms with van der Waals surface area (Å²) in [5, 5.41) is 8.88. The molecule has 0 aromatic heterocycles. The van der Waals surface area contributed by atoms with Gasteiger partial charge in [0.2, 0.25) is 0 Å². The molecule has 1 N–H and O–H groups in total. The lowest BCUT2D eigenvalue weighted by atomic mass is 9.99. The third kappa shape index (κ3) is 6.16. The lowest BCUT2D eigenvalue weighted by Crippen LogP contribution is -2.09. The zero-order valence-corrected chi connectivity index (χ0v) is 20.6. The van der Waals surface area contributed by atoms with Crippen molar-refractivity contribution < 1.29 is 24.1 Å². The predicted molar refractivity (Wildman–Crippen MR) is 139 cm³/mol. The van der Waals surface area contributed by atoms with Gasteiger partial charge in [-0.15, -0.1) is 0 Å². The highest BCUT2D eigenvalue weighted by Crippen LogP contribution is 2.38. The van der Waals surface area contributed by atoms with Crippen molar-refractivity contribution in [3.05, 3.63) is 90.5 Å². The topological polar surface area (TPSA) is 65.0 Å². The monoisotopic (exact) mass is 486 g/mol. The Labute approximate surface area is 209 Å². The number of methoxy groups -OCH3 is 2. The molecule has 0 aliphatic heterocycles. The summed E-state index contributed by atoms with van der Waals surface area (Å²) >= 11 is 1.64. The molecule has 0 saturated carbocycles. The van der Waals surface area contributed by atoms with Crippen LogP contribution in [0.5, 0.6) is 17.2 Å². The van der Waals surface area contributed by atoms with Crippen molar-refractivity contribution in [2.24, 2.45) is 0 Å². The van der Waals surface area contributed by atoms with Crippen molar-refractivity contribution in [3.63, 3.8) is 0 Å². The lowest BCUT2D eigenvalue weighted by molar-refractivity contribution is -0.139. The molecular weight excluding hydrogens is 460 g/mol. The van der Waals surface area contributed by atoms with E-state index in [0.29, 0.717) is 5.75 Å². The van der Waals surface area contributed by atoms with Gasteiger partial charge in [0.05, 0.1) is 14.2 Å². The first-order valence-electron chi connectivity index (χ1n) is 11.0. The van der Waals surface area contributed by atoms with Gasteiger partial charge in [-0.1, -0.05) is 36.0 Å². The van der Waals surface area contributed by atoms with Crippen LogP contribution in [-0.2, 0) is 4.79 Å². The number of benzene rings is 4. The molecule has 6 heteroatoms. The molecule has 0 bridgehead atoms. The zero-order chi connectivity index (χ0) is 24.8. The molecule has 0 heterocycles. The maximum absolute atomic E-state index is 10.8. The van der Waals surface area contributed by atoms with E-state index < -0.39 is 5.97 Å². The molecule has 0 aliphatic rings. The number of rotatable bonds is 9. The lowest BCUT2D eigenvalue weighted by Gasteiger charge is -2.13. The van der Waals surface area contributed by atoms with Crippen molar-refractivity contribution in [1.29, 1.82) is 0 Å². The van der Waals surface area contributed by atoms with Gasteiger partial charge in [-0.3, -0.25) is 0 Å². The van der Waals surface area contributed by atoms with Crippen LogP contribution in [-0.4, -0.2) is 31.9 Å². The second-order valence-electron chi connectivity index (χ2n) is 7.92. The fourth-order valence-corrected chi connectivity index (χ4v) is 4.74. The Morgan fingerprint density at radius 2 is 1.34 bits per heavy atom. The quantitative estimate of drug-likeness (QED) is 0.276. The smallest absolute Gasteiger partial charge is 0.341 e. The Morgan fingerprint density at radius 1 is 0.743 bits per heavy atom. The second-order valence-corrected chi connectivity index (χ2v) is 9.07. The number of hydrogen-bond acceptors (Lipinski definition) is 5. The van der Waals surface area contributed by atoms with E-state index in [1.54, 1.807) is 26.0 Å². The Bertz CT molecular complexity index is 1280. The van der Waals surface area contributed by atoms with Crippen molar-refractivity contribution in [2.75, 3.05) is 20.8 Å². The third-order valence-electron chi connectivity index (χ3n) is 5.45. The molecule has 0 amide bonds. The van der Waals surface area contributed by atoms with Crippen molar-refractivity contribution in [3.8, 4) is 39.5 Å². The van der Waals surface area contributed by atoms with E-state index in [0.717, 1.165) is 49.1 Å². The van der Waals surface area contributed by atoms with E-state index in [4.69, 9.17) is 19.3 Å². The minimum atomic E-state index is -0.998. The molecule has 35 heavy (non-hydrogen) atoms. The average Bonchev–Trinajstić information content (AvgIpc) is 2.88. The van der Waals surface area contributed by atoms with Gasteiger partial charge in [0.15, 0.2) is 6.61 Å². The van der Waals surface area contributed by atoms with Gasteiger partial charge in [-0.25, -0.2) is 4.79 Å². The number of aliphatic carboxylic acids is 1. The minimum absolute atomic E-state index is 0.361. The molecule has 0 saturated heterocycles. The fraction of sp³-hybridized carbons (Fsp3) is 0.138. The predicted octanol–water partition coefficient (Wildman–Crippen LogP) is 6.96. The number of aryl methyl sites for hydroxylation is 1. The highest BCUT2D eigenvalue weighted by atomic mass is 32.2. The summed E-state index contributed by atoms with van der Waals surface area (Å²) in [6.45, 7) is 1.55. The molecule has 4 aromatic rings. The van der Waals surface area contributed by atoms with Gasteiger partial charge in [0, 0.05) is 9.79 Å². The van der Waals surface area contributed by atoms with Crippen LogP contribution in [0.15, 0.2) is 94.7 Å². The van der Waals surface area contributed by atoms with Crippen LogP contribution in [0, 0.1) is 6.92 Å². The number of ether oxygens (including phenoxy) is 3. The molecule has 5 nitrogen and oxygen atoms in total. The normalized spacial score (nSPS) is 10.6. The van der Waals surface area contributed by atoms with E-state index in [1.165, 1.54) is 0 Å². The zero-order valence-electron chi connectivity index (χ0n) is 19.8. The third-order valence-corrected chi connectivity index (χ3v) is 6.41. The Kier molecular flexibility index (Phi) is 7.63. The van der Waals surface area contributed by atoms with Crippen LogP contribution in [0.4, 0.5) is 0 Å². The van der Waals surface area contributed by atoms with Gasteiger partial charge in [0.25, 0.3) is 0 Å². The van der Waals surface area contributed by atoms with Gasteiger partial charge >= 0.3 is 5.97 Å². The molecule has 0 spiro atoms. The van der Waals surface area contributed by atoms with E-state index in [9.17, 15) is 4.79 Å². The van der Waals surface area contributed by atoms with Crippen molar-refractivity contribution >= 4 is 17.7 Å². The summed E-state index contributed by atoms with van der Waals surface area (Å²) in [5.74, 6) is 1.17. The number of carboxylic acid groups (broad SMARTS) is 1. The minimum Gasteiger partial charge on any atom is -0.497 e. The molecule has 0 radical (unpaired) electrons. The molecule has 0 atom stereocenters. The van der Waals surface area contributed by atoms with Crippen LogP contribution >= 0.6 is 11.8 Å². The first-order valence-corrected chi connectivity index (χ1v) is 11.8. The Morgan fingerprint density at radius 3 is 1.86 bits per heavy atom. The maximum Gasteiger partial charge on any atom is 0.341 e. The van der Waals surface area contributed by atoms with E-state index in [2.05, 4.69) is 30.3 Å². The summed E-state index contributed by atoms with van der Waals surface area (Å²) in [6, 6.07) is 28.3. The fourth-order valence-electron chi connectivity index (χ4n) is 3.72. The summed E-state index contributed by atoms with van der Waals surface area (Å²) in [7, 11) is 3.33. The van der Waals surface area contributed by atoms with Crippen LogP contribution in [0.2, 0.25) is 0 Å². The van der Waals surface area contributed by atoms with Crippen molar-refractivity contribution in [1.82, 2.24) is 0 Å². The molecule has 0 unspecified atom stereocenters. The van der Waals surface area contributed by atoms with Crippen LogP contribution < -0.4 is 14.2 Å². The Hall–Kier alpha value is -3.90. The average molecular weight is 487 g/mol. The van der Waals surface area contributed by atoms with Crippen LogP contribution in [0.25, 0.3) is 22.3 Å². The largest absolute Gasteiger partial charge is 0.497 e. The number of carboxylic acids is 1.